The average Bonchev–Trinajstić information content (AvgIpc) is 3.39. The van der Waals surface area contributed by atoms with Gasteiger partial charge in [0.25, 0.3) is 0 Å². The second-order valence-corrected chi connectivity index (χ2v) is 7.18. The number of carbonyl (C=O) groups excluding carboxylic acids is 1. The first-order chi connectivity index (χ1) is 14.5. The number of carbonyl (C=O) groups is 1. The summed E-state index contributed by atoms with van der Waals surface area (Å²) in [5.74, 6) is 1.46. The molecule has 1 saturated heterocycles. The van der Waals surface area contributed by atoms with Crippen molar-refractivity contribution in [3.63, 3.8) is 0 Å². The van der Waals surface area contributed by atoms with Crippen molar-refractivity contribution in [2.45, 2.75) is 26.2 Å². The van der Waals surface area contributed by atoms with E-state index in [4.69, 9.17) is 14.2 Å². The molecule has 0 radical (unpaired) electrons. The lowest BCUT2D eigenvalue weighted by atomic mass is 10.0. The van der Waals surface area contributed by atoms with Crippen LogP contribution in [0.4, 0.5) is 4.39 Å². The van der Waals surface area contributed by atoms with Gasteiger partial charge in [-0.15, -0.1) is 0 Å². The minimum Gasteiger partial charge on any atom is -0.493 e. The zero-order chi connectivity index (χ0) is 21.3. The summed E-state index contributed by atoms with van der Waals surface area (Å²) in [7, 11) is 3.13. The van der Waals surface area contributed by atoms with Gasteiger partial charge in [-0.05, 0) is 31.2 Å². The van der Waals surface area contributed by atoms with E-state index in [2.05, 4.69) is 15.3 Å². The second-order valence-electron chi connectivity index (χ2n) is 7.18. The quantitative estimate of drug-likeness (QED) is 0.640. The predicted octanol–water partition coefficient (Wildman–Crippen LogP) is 2.95. The minimum absolute atomic E-state index is 0.00133. The highest BCUT2D eigenvalue weighted by Crippen LogP contribution is 2.35. The van der Waals surface area contributed by atoms with Crippen LogP contribution in [-0.4, -0.2) is 47.3 Å². The molecule has 0 saturated carbocycles. The number of hydrogen-bond acceptors (Lipinski definition) is 6. The molecule has 9 heteroatoms. The van der Waals surface area contributed by atoms with Crippen LogP contribution in [0.15, 0.2) is 30.6 Å². The lowest BCUT2D eigenvalue weighted by Crippen LogP contribution is -2.26. The fraction of sp³-hybridized carbons (Fsp3) is 0.381. The van der Waals surface area contributed by atoms with Crippen LogP contribution in [0.1, 0.15) is 13.3 Å². The largest absolute Gasteiger partial charge is 0.493 e. The van der Waals surface area contributed by atoms with Gasteiger partial charge in [-0.3, -0.25) is 9.36 Å². The van der Waals surface area contributed by atoms with Gasteiger partial charge in [0.05, 0.1) is 31.8 Å². The normalized spacial score (nSPS) is 17.1. The Labute approximate surface area is 173 Å². The molecule has 1 amide bonds. The second kappa shape index (κ2) is 8.17. The summed E-state index contributed by atoms with van der Waals surface area (Å²) >= 11 is 0. The number of methoxy groups -OCH3 is 2. The minimum atomic E-state index is -0.748. The molecule has 158 valence electrons. The van der Waals surface area contributed by atoms with Gasteiger partial charge in [0, 0.05) is 24.4 Å². The van der Waals surface area contributed by atoms with Crippen LogP contribution in [-0.2, 0) is 11.6 Å². The van der Waals surface area contributed by atoms with Crippen LogP contribution in [0.25, 0.3) is 22.3 Å². The van der Waals surface area contributed by atoms with Crippen LogP contribution in [0.5, 0.6) is 17.4 Å². The highest BCUT2D eigenvalue weighted by atomic mass is 19.1. The number of fused-ring (bicyclic) bond motifs is 1. The van der Waals surface area contributed by atoms with Gasteiger partial charge in [0.2, 0.25) is 11.8 Å². The highest BCUT2D eigenvalue weighted by molar-refractivity contribution is 5.85. The molecule has 1 fully saturated rings. The molecule has 0 bridgehead atoms. The average molecular weight is 414 g/mol. The monoisotopic (exact) mass is 414 g/mol. The number of benzene rings is 1. The fourth-order valence-corrected chi connectivity index (χ4v) is 3.61. The van der Waals surface area contributed by atoms with Gasteiger partial charge < -0.3 is 19.5 Å². The van der Waals surface area contributed by atoms with Crippen molar-refractivity contribution in [2.75, 3.05) is 20.8 Å². The Kier molecular flexibility index (Phi) is 5.43. The molecular weight excluding hydrogens is 391 g/mol. The maximum Gasteiger partial charge on any atom is 0.241 e. The van der Waals surface area contributed by atoms with E-state index in [-0.39, 0.29) is 23.8 Å². The van der Waals surface area contributed by atoms with E-state index in [1.54, 1.807) is 26.4 Å². The summed E-state index contributed by atoms with van der Waals surface area (Å²) in [5.41, 5.74) is 2.43. The highest BCUT2D eigenvalue weighted by Gasteiger charge is 2.29. The topological polar surface area (TPSA) is 87.5 Å². The van der Waals surface area contributed by atoms with Gasteiger partial charge in [-0.1, -0.05) is 0 Å². The van der Waals surface area contributed by atoms with E-state index < -0.39 is 6.80 Å². The number of halogens is 1. The van der Waals surface area contributed by atoms with Crippen LogP contribution in [0.2, 0.25) is 0 Å². The fourth-order valence-electron chi connectivity index (χ4n) is 3.61. The molecule has 4 rings (SSSR count). The van der Waals surface area contributed by atoms with E-state index in [1.165, 1.54) is 10.9 Å². The molecule has 30 heavy (non-hydrogen) atoms. The third-order valence-corrected chi connectivity index (χ3v) is 5.34. The van der Waals surface area contributed by atoms with Gasteiger partial charge in [-0.25, -0.2) is 14.4 Å². The predicted molar refractivity (Wildman–Crippen MR) is 108 cm³/mol. The van der Waals surface area contributed by atoms with Crippen LogP contribution >= 0.6 is 0 Å². The molecule has 1 aliphatic heterocycles. The summed E-state index contributed by atoms with van der Waals surface area (Å²) in [6.45, 7) is 1.68. The third-order valence-electron chi connectivity index (χ3n) is 5.34. The number of amides is 1. The van der Waals surface area contributed by atoms with Crippen LogP contribution in [0, 0.1) is 5.92 Å². The Morgan fingerprint density at radius 1 is 1.27 bits per heavy atom. The molecule has 3 aromatic rings. The zero-order valence-corrected chi connectivity index (χ0v) is 17.0. The Bertz CT molecular complexity index is 1080. The molecule has 2 unspecified atom stereocenters. The van der Waals surface area contributed by atoms with E-state index in [0.29, 0.717) is 41.2 Å². The third kappa shape index (κ3) is 3.62. The number of imidazole rings is 1. The molecule has 0 spiro atoms. The Morgan fingerprint density at radius 2 is 2.07 bits per heavy atom. The molecule has 8 nitrogen and oxygen atoms in total. The smallest absolute Gasteiger partial charge is 0.241 e. The first-order valence-corrected chi connectivity index (χ1v) is 9.61. The molecule has 0 aliphatic carbocycles. The number of ether oxygens (including phenoxy) is 3. The lowest BCUT2D eigenvalue weighted by Gasteiger charge is -2.20. The molecule has 2 atom stereocenters. The van der Waals surface area contributed by atoms with Crippen LogP contribution in [0.3, 0.4) is 0 Å². The molecule has 3 heterocycles. The van der Waals surface area contributed by atoms with Gasteiger partial charge >= 0.3 is 0 Å². The van der Waals surface area contributed by atoms with Gasteiger partial charge in [-0.2, -0.15) is 0 Å². The summed E-state index contributed by atoms with van der Waals surface area (Å²) in [4.78, 5) is 20.5. The Hall–Kier alpha value is -3.36. The number of pyridine rings is 1. The molecule has 1 N–H and O–H groups in total. The molecule has 2 aromatic heterocycles. The SMILES string of the molecule is COc1ccc(-c2cc3ncn(CF)c3c(OC(C)C3CNC(=O)C3)n2)cc1OC. The van der Waals surface area contributed by atoms with E-state index in [9.17, 15) is 9.18 Å². The number of nitrogens with zero attached hydrogens (tertiary/aromatic N) is 3. The Morgan fingerprint density at radius 3 is 2.73 bits per heavy atom. The van der Waals surface area contributed by atoms with Crippen molar-refractivity contribution in [3.05, 3.63) is 30.6 Å². The molecular formula is C21H23FN4O4. The summed E-state index contributed by atoms with van der Waals surface area (Å²) < 4.78 is 31.7. The van der Waals surface area contributed by atoms with Crippen molar-refractivity contribution in [2.24, 2.45) is 5.92 Å². The van der Waals surface area contributed by atoms with E-state index in [1.807, 2.05) is 19.1 Å². The number of nitrogens with one attached hydrogen (secondary N) is 1. The van der Waals surface area contributed by atoms with Crippen molar-refractivity contribution in [3.8, 4) is 28.6 Å². The standard InChI is InChI=1S/C21H23FN4O4/c1-12(14-7-19(27)23-9-14)30-21-20-16(24-11-26(20)10-22)8-15(25-21)13-4-5-17(28-2)18(6-13)29-3/h4-6,8,11-12,14H,7,9-10H2,1-3H3,(H,23,27). The van der Waals surface area contributed by atoms with Crippen molar-refractivity contribution in [1.29, 1.82) is 0 Å². The Balaban J connectivity index is 1.76. The lowest BCUT2D eigenvalue weighted by molar-refractivity contribution is -0.119. The van der Waals surface area contributed by atoms with Crippen molar-refractivity contribution in [1.82, 2.24) is 19.9 Å². The van der Waals surface area contributed by atoms with Crippen molar-refractivity contribution < 1.29 is 23.4 Å². The summed E-state index contributed by atoms with van der Waals surface area (Å²) in [5, 5.41) is 2.81. The zero-order valence-electron chi connectivity index (χ0n) is 17.0. The molecule has 1 aromatic carbocycles. The first kappa shape index (κ1) is 19.9. The van der Waals surface area contributed by atoms with Gasteiger partial charge in [0.15, 0.2) is 18.3 Å². The maximum absolute atomic E-state index is 13.5. The van der Waals surface area contributed by atoms with E-state index in [0.717, 1.165) is 5.56 Å². The van der Waals surface area contributed by atoms with Gasteiger partial charge in [0.1, 0.15) is 11.6 Å². The van der Waals surface area contributed by atoms with Crippen LogP contribution < -0.4 is 19.5 Å². The molecule has 1 aliphatic rings. The summed E-state index contributed by atoms with van der Waals surface area (Å²) in [6.07, 6.45) is 1.52. The maximum atomic E-state index is 13.5. The number of alkyl halides is 1. The van der Waals surface area contributed by atoms with E-state index >= 15 is 0 Å². The number of rotatable bonds is 7. The first-order valence-electron chi connectivity index (χ1n) is 9.61. The summed E-state index contributed by atoms with van der Waals surface area (Å²) in [6, 6.07) is 7.24. The number of aromatic nitrogens is 3. The van der Waals surface area contributed by atoms with Crippen molar-refractivity contribution >= 4 is 16.9 Å². The number of hydrogen-bond donors (Lipinski definition) is 1.